The molecule has 0 aliphatic heterocycles. The van der Waals surface area contributed by atoms with Gasteiger partial charge in [0.25, 0.3) is 11.8 Å². The van der Waals surface area contributed by atoms with E-state index in [2.05, 4.69) is 48.0 Å². The van der Waals surface area contributed by atoms with Gasteiger partial charge in [-0.1, -0.05) is 51.8 Å². The number of thiocarbonyl (C=S) groups is 1. The van der Waals surface area contributed by atoms with Crippen molar-refractivity contribution < 1.29 is 14.3 Å². The Labute approximate surface area is 192 Å². The smallest absolute Gasteiger partial charge is 0.269 e. The minimum absolute atomic E-state index is 0.0377. The number of aryl methyl sites for hydroxylation is 1. The second-order valence-corrected chi connectivity index (χ2v) is 8.85. The van der Waals surface area contributed by atoms with Crippen molar-refractivity contribution in [3.8, 4) is 5.75 Å². The summed E-state index contributed by atoms with van der Waals surface area (Å²) in [6.07, 6.45) is 0. The highest BCUT2D eigenvalue weighted by Gasteiger charge is 2.16. The molecular formula is C20H21Br2N3O3S. The third-order valence-electron chi connectivity index (χ3n) is 3.71. The van der Waals surface area contributed by atoms with Crippen LogP contribution >= 0.6 is 44.1 Å². The van der Waals surface area contributed by atoms with E-state index < -0.39 is 5.91 Å². The first-order valence-corrected chi connectivity index (χ1v) is 10.8. The van der Waals surface area contributed by atoms with Gasteiger partial charge >= 0.3 is 0 Å². The Morgan fingerprint density at radius 1 is 1.07 bits per heavy atom. The van der Waals surface area contributed by atoms with E-state index in [0.717, 1.165) is 14.5 Å². The van der Waals surface area contributed by atoms with Crippen molar-refractivity contribution in [2.75, 3.05) is 6.61 Å². The summed E-state index contributed by atoms with van der Waals surface area (Å²) in [5.41, 5.74) is 6.79. The molecule has 0 saturated heterocycles. The minimum atomic E-state index is -0.449. The van der Waals surface area contributed by atoms with Crippen molar-refractivity contribution in [2.45, 2.75) is 20.8 Å². The van der Waals surface area contributed by atoms with E-state index in [1.165, 1.54) is 0 Å². The van der Waals surface area contributed by atoms with Gasteiger partial charge in [-0.2, -0.15) is 0 Å². The maximum Gasteiger partial charge on any atom is 0.269 e. The van der Waals surface area contributed by atoms with E-state index in [0.29, 0.717) is 29.4 Å². The van der Waals surface area contributed by atoms with Gasteiger partial charge in [-0.05, 0) is 61.0 Å². The number of rotatable bonds is 5. The van der Waals surface area contributed by atoms with Crippen molar-refractivity contribution in [3.05, 3.63) is 62.0 Å². The van der Waals surface area contributed by atoms with Crippen LogP contribution in [0.4, 0.5) is 0 Å². The number of hydrogen-bond acceptors (Lipinski definition) is 4. The van der Waals surface area contributed by atoms with Crippen molar-refractivity contribution in [2.24, 2.45) is 5.92 Å². The van der Waals surface area contributed by atoms with E-state index in [1.807, 2.05) is 26.8 Å². The number of carbonyl (C=O) groups is 2. The van der Waals surface area contributed by atoms with Crippen molar-refractivity contribution in [1.82, 2.24) is 16.2 Å². The monoisotopic (exact) mass is 541 g/mol. The molecule has 0 atom stereocenters. The van der Waals surface area contributed by atoms with Gasteiger partial charge in [0.15, 0.2) is 5.11 Å². The summed E-state index contributed by atoms with van der Waals surface area (Å²) in [5, 5.41) is 2.50. The largest absolute Gasteiger partial charge is 0.492 e. The molecule has 6 nitrogen and oxygen atoms in total. The Morgan fingerprint density at radius 2 is 1.79 bits per heavy atom. The molecule has 0 aliphatic rings. The first kappa shape index (κ1) is 23.3. The summed E-state index contributed by atoms with van der Waals surface area (Å²) in [6.45, 7) is 6.45. The van der Waals surface area contributed by atoms with Crippen LogP contribution < -0.4 is 20.9 Å². The lowest BCUT2D eigenvalue weighted by Crippen LogP contribution is -2.48. The van der Waals surface area contributed by atoms with E-state index in [1.54, 1.807) is 30.3 Å². The van der Waals surface area contributed by atoms with Gasteiger partial charge in [0.05, 0.1) is 12.2 Å². The van der Waals surface area contributed by atoms with Crippen LogP contribution in [-0.4, -0.2) is 23.5 Å². The fourth-order valence-electron chi connectivity index (χ4n) is 2.18. The molecule has 29 heavy (non-hydrogen) atoms. The second kappa shape index (κ2) is 10.7. The van der Waals surface area contributed by atoms with Gasteiger partial charge in [-0.3, -0.25) is 25.8 Å². The first-order valence-electron chi connectivity index (χ1n) is 8.77. The molecule has 0 radical (unpaired) electrons. The van der Waals surface area contributed by atoms with Crippen molar-refractivity contribution >= 4 is 61.0 Å². The summed E-state index contributed by atoms with van der Waals surface area (Å²) in [5.74, 6) is -0.0642. The average molecular weight is 543 g/mol. The summed E-state index contributed by atoms with van der Waals surface area (Å²) < 4.78 is 7.27. The standard InChI is InChI=1S/C20H21Br2N3O3S/c1-11(2)10-28-17-7-6-14(21)9-15(17)19(27)23-20(29)25-24-18(26)13-5-4-12(3)16(22)8-13/h4-9,11H,10H2,1-3H3,(H,24,26)(H2,23,25,27,29). The van der Waals surface area contributed by atoms with Gasteiger partial charge in [-0.15, -0.1) is 0 Å². The lowest BCUT2D eigenvalue weighted by Gasteiger charge is -2.15. The normalized spacial score (nSPS) is 10.4. The van der Waals surface area contributed by atoms with Crippen LogP contribution in [0.5, 0.6) is 5.75 Å². The SMILES string of the molecule is Cc1ccc(C(=O)NNC(=S)NC(=O)c2cc(Br)ccc2OCC(C)C)cc1Br. The number of carbonyl (C=O) groups excluding carboxylic acids is 2. The van der Waals surface area contributed by atoms with Crippen LogP contribution in [-0.2, 0) is 0 Å². The van der Waals surface area contributed by atoms with Gasteiger partial charge in [0.1, 0.15) is 5.75 Å². The zero-order valence-corrected chi connectivity index (χ0v) is 20.1. The Bertz CT molecular complexity index is 935. The lowest BCUT2D eigenvalue weighted by molar-refractivity contribution is 0.0933. The molecule has 2 amide bonds. The zero-order valence-electron chi connectivity index (χ0n) is 16.1. The Hall–Kier alpha value is -1.97. The maximum absolute atomic E-state index is 12.6. The summed E-state index contributed by atoms with van der Waals surface area (Å²) in [4.78, 5) is 24.8. The molecule has 0 unspecified atom stereocenters. The van der Waals surface area contributed by atoms with E-state index in [-0.39, 0.29) is 11.0 Å². The van der Waals surface area contributed by atoms with Gasteiger partial charge in [0, 0.05) is 14.5 Å². The number of ether oxygens (including phenoxy) is 1. The van der Waals surface area contributed by atoms with Gasteiger partial charge in [-0.25, -0.2) is 0 Å². The Kier molecular flexibility index (Phi) is 8.60. The number of hydrazine groups is 1. The molecule has 2 rings (SSSR count). The molecule has 9 heteroatoms. The molecule has 0 saturated carbocycles. The summed E-state index contributed by atoms with van der Waals surface area (Å²) in [6, 6.07) is 10.4. The highest BCUT2D eigenvalue weighted by Crippen LogP contribution is 2.24. The molecule has 0 bridgehead atoms. The summed E-state index contributed by atoms with van der Waals surface area (Å²) in [7, 11) is 0. The highest BCUT2D eigenvalue weighted by atomic mass is 79.9. The van der Waals surface area contributed by atoms with E-state index in [4.69, 9.17) is 17.0 Å². The van der Waals surface area contributed by atoms with Crippen LogP contribution in [0.3, 0.4) is 0 Å². The second-order valence-electron chi connectivity index (χ2n) is 6.67. The number of amides is 2. The number of hydrogen-bond donors (Lipinski definition) is 3. The van der Waals surface area contributed by atoms with Crippen LogP contribution in [0.2, 0.25) is 0 Å². The van der Waals surface area contributed by atoms with Crippen LogP contribution in [0.15, 0.2) is 45.3 Å². The number of nitrogens with one attached hydrogen (secondary N) is 3. The van der Waals surface area contributed by atoms with Crippen LogP contribution in [0.1, 0.15) is 40.1 Å². The molecule has 0 heterocycles. The third-order valence-corrected chi connectivity index (χ3v) is 5.26. The molecule has 154 valence electrons. The maximum atomic E-state index is 12.6. The summed E-state index contributed by atoms with van der Waals surface area (Å²) >= 11 is 11.8. The quantitative estimate of drug-likeness (QED) is 0.383. The molecule has 0 spiro atoms. The molecule has 0 aromatic heterocycles. The van der Waals surface area contributed by atoms with Crippen LogP contribution in [0, 0.1) is 12.8 Å². The molecule has 0 fully saturated rings. The molecular weight excluding hydrogens is 522 g/mol. The number of benzene rings is 2. The zero-order chi connectivity index (χ0) is 21.6. The van der Waals surface area contributed by atoms with Gasteiger partial charge in [0.2, 0.25) is 0 Å². The van der Waals surface area contributed by atoms with Gasteiger partial charge < -0.3 is 4.74 Å². The highest BCUT2D eigenvalue weighted by molar-refractivity contribution is 9.10. The van der Waals surface area contributed by atoms with E-state index in [9.17, 15) is 9.59 Å². The minimum Gasteiger partial charge on any atom is -0.492 e. The van der Waals surface area contributed by atoms with Crippen molar-refractivity contribution in [3.63, 3.8) is 0 Å². The lowest BCUT2D eigenvalue weighted by atomic mass is 10.1. The average Bonchev–Trinajstić information content (AvgIpc) is 2.67. The topological polar surface area (TPSA) is 79.5 Å². The fraction of sp³-hybridized carbons (Fsp3) is 0.250. The molecule has 3 N–H and O–H groups in total. The third kappa shape index (κ3) is 7.09. The fourth-order valence-corrected chi connectivity index (χ4v) is 3.07. The molecule has 0 aliphatic carbocycles. The predicted octanol–water partition coefficient (Wildman–Crippen LogP) is 4.50. The van der Waals surface area contributed by atoms with E-state index >= 15 is 0 Å². The number of halogens is 2. The first-order chi connectivity index (χ1) is 13.7. The molecule has 2 aromatic rings. The van der Waals surface area contributed by atoms with Crippen molar-refractivity contribution in [1.29, 1.82) is 0 Å². The predicted molar refractivity (Wildman–Crippen MR) is 124 cm³/mol. The van der Waals surface area contributed by atoms with Crippen LogP contribution in [0.25, 0.3) is 0 Å². The Balaban J connectivity index is 1.98. The Morgan fingerprint density at radius 3 is 2.45 bits per heavy atom. The molecule has 2 aromatic carbocycles.